The summed E-state index contributed by atoms with van der Waals surface area (Å²) in [5.41, 5.74) is 7.18. The van der Waals surface area contributed by atoms with Crippen LogP contribution in [0.5, 0.6) is 0 Å². The summed E-state index contributed by atoms with van der Waals surface area (Å²) in [6.07, 6.45) is 2.44. The average Bonchev–Trinajstić information content (AvgIpc) is 2.92. The average molecular weight is 343 g/mol. The van der Waals surface area contributed by atoms with Crippen molar-refractivity contribution in [3.8, 4) is 0 Å². The van der Waals surface area contributed by atoms with Crippen molar-refractivity contribution < 1.29 is 14.4 Å². The molecule has 0 aromatic carbocycles. The zero-order valence-electron chi connectivity index (χ0n) is 13.9. The first kappa shape index (κ1) is 16.0. The predicted molar refractivity (Wildman–Crippen MR) is 89.7 cm³/mol. The third-order valence-corrected chi connectivity index (χ3v) is 5.22. The van der Waals surface area contributed by atoms with Gasteiger partial charge >= 0.3 is 0 Å². The minimum absolute atomic E-state index is 0.232. The number of hydrogen-bond donors (Lipinski definition) is 2. The molecule has 2 saturated heterocycles. The monoisotopic (exact) mass is 343 g/mol. The van der Waals surface area contributed by atoms with Gasteiger partial charge in [0.05, 0.1) is 0 Å². The van der Waals surface area contributed by atoms with E-state index in [0.717, 1.165) is 37.3 Å². The normalized spacial score (nSPS) is 24.5. The van der Waals surface area contributed by atoms with Crippen LogP contribution < -0.4 is 16.0 Å². The van der Waals surface area contributed by atoms with Crippen molar-refractivity contribution in [3.05, 3.63) is 23.4 Å². The summed E-state index contributed by atoms with van der Waals surface area (Å²) in [5.74, 6) is -0.138. The Kier molecular flexibility index (Phi) is 3.91. The highest BCUT2D eigenvalue weighted by Gasteiger charge is 2.40. The lowest BCUT2D eigenvalue weighted by atomic mass is 10.0. The molecule has 25 heavy (non-hydrogen) atoms. The van der Waals surface area contributed by atoms with Gasteiger partial charge in [-0.1, -0.05) is 6.07 Å². The number of carbonyl (C=O) groups is 3. The summed E-state index contributed by atoms with van der Waals surface area (Å²) in [6, 6.07) is 3.47. The summed E-state index contributed by atoms with van der Waals surface area (Å²) in [7, 11) is 0. The van der Waals surface area contributed by atoms with E-state index in [4.69, 9.17) is 5.73 Å². The number of aromatic nitrogens is 1. The molecular weight excluding hydrogens is 322 g/mol. The van der Waals surface area contributed by atoms with Crippen molar-refractivity contribution in [2.75, 3.05) is 18.0 Å². The first-order valence-electron chi connectivity index (χ1n) is 8.68. The fourth-order valence-corrected chi connectivity index (χ4v) is 3.72. The molecule has 3 N–H and O–H groups in total. The van der Waals surface area contributed by atoms with Gasteiger partial charge in [0.15, 0.2) is 0 Å². The Labute approximate surface area is 145 Å². The van der Waals surface area contributed by atoms with Gasteiger partial charge in [-0.25, -0.2) is 4.98 Å². The van der Waals surface area contributed by atoms with Crippen LogP contribution in [0.3, 0.4) is 0 Å². The summed E-state index contributed by atoms with van der Waals surface area (Å²) < 4.78 is 0. The number of carbonyl (C=O) groups excluding carboxylic acids is 3. The third-order valence-electron chi connectivity index (χ3n) is 5.22. The van der Waals surface area contributed by atoms with Crippen LogP contribution in [-0.4, -0.2) is 52.8 Å². The first-order chi connectivity index (χ1) is 12.0. The minimum Gasteiger partial charge on any atom is -0.356 e. The minimum atomic E-state index is -0.601. The highest BCUT2D eigenvalue weighted by Crippen LogP contribution is 2.28. The van der Waals surface area contributed by atoms with Gasteiger partial charge in [-0.3, -0.25) is 19.7 Å². The van der Waals surface area contributed by atoms with Gasteiger partial charge < -0.3 is 15.5 Å². The number of amides is 3. The molecule has 1 unspecified atom stereocenters. The van der Waals surface area contributed by atoms with Gasteiger partial charge in [0.25, 0.3) is 5.91 Å². The van der Waals surface area contributed by atoms with E-state index in [-0.39, 0.29) is 24.3 Å². The molecule has 132 valence electrons. The lowest BCUT2D eigenvalue weighted by Gasteiger charge is -2.31. The molecule has 3 aliphatic heterocycles. The molecule has 3 aliphatic rings. The van der Waals surface area contributed by atoms with E-state index in [9.17, 15) is 14.4 Å². The van der Waals surface area contributed by atoms with E-state index in [0.29, 0.717) is 18.7 Å². The molecule has 1 aromatic rings. The molecule has 0 radical (unpaired) electrons. The lowest BCUT2D eigenvalue weighted by Crippen LogP contribution is -2.52. The van der Waals surface area contributed by atoms with E-state index in [1.807, 2.05) is 12.1 Å². The number of nitrogens with one attached hydrogen (secondary N) is 1. The summed E-state index contributed by atoms with van der Waals surface area (Å²) in [4.78, 5) is 44.4. The molecule has 1 aromatic heterocycles. The van der Waals surface area contributed by atoms with Crippen molar-refractivity contribution in [1.29, 1.82) is 0 Å². The number of piperidine rings is 2. The van der Waals surface area contributed by atoms with Crippen LogP contribution in [0.1, 0.15) is 41.7 Å². The van der Waals surface area contributed by atoms with E-state index in [2.05, 4.69) is 15.2 Å². The van der Waals surface area contributed by atoms with Crippen LogP contribution in [0.15, 0.2) is 12.1 Å². The van der Waals surface area contributed by atoms with Crippen LogP contribution in [0.4, 0.5) is 5.82 Å². The fourth-order valence-electron chi connectivity index (χ4n) is 3.72. The number of pyridine rings is 1. The standard InChI is InChI=1S/C17H21N5O3/c18-11-5-7-21(8-6-11)13-3-1-10-9-22(17(25)15(10)19-13)12-2-4-14(23)20-16(12)24/h1,3,11-12H,2,4-9,18H2,(H,20,23,24). The Morgan fingerprint density at radius 3 is 2.60 bits per heavy atom. The maximum absolute atomic E-state index is 12.8. The SMILES string of the molecule is NC1CCN(c2ccc3c(n2)C(=O)N(C2CCC(=O)NC2=O)C3)CC1. The Hall–Kier alpha value is -2.48. The van der Waals surface area contributed by atoms with Crippen molar-refractivity contribution >= 4 is 23.5 Å². The molecule has 0 saturated carbocycles. The molecule has 0 aliphatic carbocycles. The van der Waals surface area contributed by atoms with Crippen molar-refractivity contribution in [2.24, 2.45) is 5.73 Å². The Balaban J connectivity index is 1.54. The topological polar surface area (TPSA) is 109 Å². The van der Waals surface area contributed by atoms with Gasteiger partial charge in [0.2, 0.25) is 11.8 Å². The van der Waals surface area contributed by atoms with Gasteiger partial charge in [0.1, 0.15) is 17.6 Å². The van der Waals surface area contributed by atoms with Crippen LogP contribution >= 0.6 is 0 Å². The molecule has 8 nitrogen and oxygen atoms in total. The molecule has 4 heterocycles. The number of anilines is 1. The van der Waals surface area contributed by atoms with Gasteiger partial charge in [-0.05, 0) is 25.3 Å². The van der Waals surface area contributed by atoms with Crippen molar-refractivity contribution in [1.82, 2.24) is 15.2 Å². The zero-order valence-corrected chi connectivity index (χ0v) is 13.9. The van der Waals surface area contributed by atoms with Gasteiger partial charge in [0, 0.05) is 37.7 Å². The summed E-state index contributed by atoms with van der Waals surface area (Å²) >= 11 is 0. The molecule has 1 atom stereocenters. The van der Waals surface area contributed by atoms with Crippen molar-refractivity contribution in [3.63, 3.8) is 0 Å². The molecule has 3 amide bonds. The lowest BCUT2D eigenvalue weighted by molar-refractivity contribution is -0.136. The first-order valence-corrected chi connectivity index (χ1v) is 8.68. The van der Waals surface area contributed by atoms with E-state index < -0.39 is 11.9 Å². The molecule has 8 heteroatoms. The number of imide groups is 1. The second-order valence-corrected chi connectivity index (χ2v) is 6.90. The Morgan fingerprint density at radius 1 is 1.12 bits per heavy atom. The number of hydrogen-bond acceptors (Lipinski definition) is 6. The second-order valence-electron chi connectivity index (χ2n) is 6.90. The Bertz CT molecular complexity index is 742. The van der Waals surface area contributed by atoms with Crippen LogP contribution in [-0.2, 0) is 16.1 Å². The van der Waals surface area contributed by atoms with E-state index in [1.54, 1.807) is 0 Å². The highest BCUT2D eigenvalue weighted by atomic mass is 16.2. The molecule has 2 fully saturated rings. The number of rotatable bonds is 2. The van der Waals surface area contributed by atoms with Crippen LogP contribution in [0, 0.1) is 0 Å². The summed E-state index contributed by atoms with van der Waals surface area (Å²) in [6.45, 7) is 2.02. The van der Waals surface area contributed by atoms with Crippen molar-refractivity contribution in [2.45, 2.75) is 44.3 Å². The smallest absolute Gasteiger partial charge is 0.273 e. The van der Waals surface area contributed by atoms with E-state index in [1.165, 1.54) is 4.90 Å². The number of fused-ring (bicyclic) bond motifs is 1. The largest absolute Gasteiger partial charge is 0.356 e. The fraction of sp³-hybridized carbons (Fsp3) is 0.529. The Morgan fingerprint density at radius 2 is 1.88 bits per heavy atom. The number of nitrogens with two attached hydrogens (primary N) is 1. The maximum Gasteiger partial charge on any atom is 0.273 e. The molecule has 0 spiro atoms. The zero-order chi connectivity index (χ0) is 17.6. The predicted octanol–water partition coefficient (Wildman–Crippen LogP) is -0.230. The maximum atomic E-state index is 12.8. The molecule has 0 bridgehead atoms. The van der Waals surface area contributed by atoms with E-state index >= 15 is 0 Å². The van der Waals surface area contributed by atoms with Crippen LogP contribution in [0.2, 0.25) is 0 Å². The van der Waals surface area contributed by atoms with Gasteiger partial charge in [-0.15, -0.1) is 0 Å². The van der Waals surface area contributed by atoms with Gasteiger partial charge in [-0.2, -0.15) is 0 Å². The molecule has 4 rings (SSSR count). The number of nitrogens with zero attached hydrogens (tertiary/aromatic N) is 3. The second kappa shape index (κ2) is 6.11. The van der Waals surface area contributed by atoms with Crippen LogP contribution in [0.25, 0.3) is 0 Å². The molecular formula is C17H21N5O3. The quantitative estimate of drug-likeness (QED) is 0.718. The highest BCUT2D eigenvalue weighted by molar-refractivity contribution is 6.04. The third kappa shape index (κ3) is 2.86. The summed E-state index contributed by atoms with van der Waals surface area (Å²) in [5, 5.41) is 2.31.